The fourth-order valence-corrected chi connectivity index (χ4v) is 4.90. The Balaban J connectivity index is 1.56. The Bertz CT molecular complexity index is 467. The number of hydrogen-bond acceptors (Lipinski definition) is 1. The molecule has 1 aliphatic carbocycles. The van der Waals surface area contributed by atoms with Crippen LogP contribution in [0, 0.1) is 5.92 Å². The molecule has 0 radical (unpaired) electrons. The number of halogens is 1. The van der Waals surface area contributed by atoms with Crippen molar-refractivity contribution in [2.75, 3.05) is 13.1 Å². The second-order valence-electron chi connectivity index (χ2n) is 7.49. The number of rotatable bonds is 5. The van der Waals surface area contributed by atoms with Crippen LogP contribution in [0.1, 0.15) is 69.8 Å². The van der Waals surface area contributed by atoms with Crippen molar-refractivity contribution in [3.63, 3.8) is 0 Å². The fraction of sp³-hybridized carbons (Fsp3) is 0.700. The lowest BCUT2D eigenvalue weighted by atomic mass is 9.84. The molecular weight excluding hydrogens is 334 g/mol. The zero-order valence-corrected chi connectivity index (χ0v) is 15.5. The number of benzene rings is 1. The maximum Gasteiger partial charge on any atom is 0.0178 e. The van der Waals surface area contributed by atoms with E-state index < -0.39 is 0 Å². The Kier molecular flexibility index (Phi) is 5.98. The molecule has 2 fully saturated rings. The molecule has 0 amide bonds. The van der Waals surface area contributed by atoms with Gasteiger partial charge in [-0.25, -0.2) is 0 Å². The van der Waals surface area contributed by atoms with Gasteiger partial charge in [-0.05, 0) is 55.3 Å². The van der Waals surface area contributed by atoms with Gasteiger partial charge in [-0.15, -0.1) is 0 Å². The van der Waals surface area contributed by atoms with Crippen molar-refractivity contribution in [3.05, 3.63) is 34.3 Å². The van der Waals surface area contributed by atoms with Crippen LogP contribution in [-0.2, 0) is 0 Å². The molecule has 2 aliphatic rings. The van der Waals surface area contributed by atoms with Crippen molar-refractivity contribution in [2.24, 2.45) is 5.92 Å². The van der Waals surface area contributed by atoms with E-state index in [2.05, 4.69) is 52.0 Å². The van der Waals surface area contributed by atoms with Crippen molar-refractivity contribution in [1.29, 1.82) is 0 Å². The van der Waals surface area contributed by atoms with Crippen LogP contribution in [0.4, 0.5) is 0 Å². The Morgan fingerprint density at radius 3 is 2.73 bits per heavy atom. The third kappa shape index (κ3) is 4.35. The quantitative estimate of drug-likeness (QED) is 0.620. The molecule has 2 unspecified atom stereocenters. The van der Waals surface area contributed by atoms with E-state index in [1.807, 2.05) is 0 Å². The summed E-state index contributed by atoms with van der Waals surface area (Å²) < 4.78 is 1.21. The highest BCUT2D eigenvalue weighted by atomic mass is 79.9. The van der Waals surface area contributed by atoms with Gasteiger partial charge in [-0.3, -0.25) is 4.90 Å². The Morgan fingerprint density at radius 1 is 1.14 bits per heavy atom. The van der Waals surface area contributed by atoms with Gasteiger partial charge in [-0.2, -0.15) is 0 Å². The molecule has 1 aliphatic heterocycles. The molecule has 2 heteroatoms. The zero-order valence-electron chi connectivity index (χ0n) is 13.9. The highest BCUT2D eigenvalue weighted by molar-refractivity contribution is 9.10. The summed E-state index contributed by atoms with van der Waals surface area (Å²) in [5.74, 6) is 1.64. The van der Waals surface area contributed by atoms with Crippen molar-refractivity contribution in [2.45, 2.75) is 70.3 Å². The minimum Gasteiger partial charge on any atom is -0.300 e. The fourth-order valence-electron chi connectivity index (χ4n) is 4.48. The summed E-state index contributed by atoms with van der Waals surface area (Å²) >= 11 is 3.61. The third-order valence-corrected chi connectivity index (χ3v) is 6.25. The van der Waals surface area contributed by atoms with Gasteiger partial charge in [0.15, 0.2) is 0 Å². The minimum atomic E-state index is 0.629. The van der Waals surface area contributed by atoms with Crippen molar-refractivity contribution in [1.82, 2.24) is 4.90 Å². The molecule has 2 atom stereocenters. The molecule has 1 aromatic rings. The first-order valence-electron chi connectivity index (χ1n) is 9.22. The van der Waals surface area contributed by atoms with Crippen LogP contribution in [0.15, 0.2) is 28.7 Å². The van der Waals surface area contributed by atoms with Gasteiger partial charge in [0.1, 0.15) is 0 Å². The Labute approximate surface area is 144 Å². The predicted molar refractivity (Wildman–Crippen MR) is 98.3 cm³/mol. The second kappa shape index (κ2) is 7.97. The maximum atomic E-state index is 3.61. The lowest BCUT2D eigenvalue weighted by molar-refractivity contribution is 0.192. The molecule has 1 heterocycles. The molecule has 0 bridgehead atoms. The molecule has 122 valence electrons. The second-order valence-corrected chi connectivity index (χ2v) is 8.40. The average molecular weight is 364 g/mol. The first-order valence-corrected chi connectivity index (χ1v) is 10.0. The molecule has 0 N–H and O–H groups in total. The minimum absolute atomic E-state index is 0.629. The van der Waals surface area contributed by atoms with Gasteiger partial charge in [0.2, 0.25) is 0 Å². The summed E-state index contributed by atoms with van der Waals surface area (Å²) in [5.41, 5.74) is 1.47. The molecule has 0 spiro atoms. The lowest BCUT2D eigenvalue weighted by Gasteiger charge is -2.31. The predicted octanol–water partition coefficient (Wildman–Crippen LogP) is 5.99. The molecule has 3 rings (SSSR count). The van der Waals surface area contributed by atoms with Gasteiger partial charge in [-0.1, -0.05) is 67.1 Å². The Morgan fingerprint density at radius 2 is 1.95 bits per heavy atom. The Hall–Kier alpha value is -0.340. The summed E-state index contributed by atoms with van der Waals surface area (Å²) in [5, 5.41) is 0. The molecule has 0 aromatic heterocycles. The van der Waals surface area contributed by atoms with Gasteiger partial charge < -0.3 is 0 Å². The van der Waals surface area contributed by atoms with Crippen LogP contribution in [0.5, 0.6) is 0 Å². The third-order valence-electron chi connectivity index (χ3n) is 5.76. The highest BCUT2D eigenvalue weighted by Crippen LogP contribution is 2.33. The molecule has 1 saturated carbocycles. The SMILES string of the molecule is CC(CN1CCCC1CC1CCCCC1)c1cccc(Br)c1. The smallest absolute Gasteiger partial charge is 0.0178 e. The van der Waals surface area contributed by atoms with Crippen LogP contribution in [0.3, 0.4) is 0 Å². The van der Waals surface area contributed by atoms with E-state index in [1.54, 1.807) is 0 Å². The van der Waals surface area contributed by atoms with E-state index in [9.17, 15) is 0 Å². The van der Waals surface area contributed by atoms with Gasteiger partial charge in [0.25, 0.3) is 0 Å². The lowest BCUT2D eigenvalue weighted by Crippen LogP contribution is -2.34. The topological polar surface area (TPSA) is 3.24 Å². The van der Waals surface area contributed by atoms with E-state index in [-0.39, 0.29) is 0 Å². The monoisotopic (exact) mass is 363 g/mol. The summed E-state index contributed by atoms with van der Waals surface area (Å²) in [4.78, 5) is 2.79. The van der Waals surface area contributed by atoms with Gasteiger partial charge >= 0.3 is 0 Å². The van der Waals surface area contributed by atoms with Crippen LogP contribution >= 0.6 is 15.9 Å². The van der Waals surface area contributed by atoms with Gasteiger partial charge in [0.05, 0.1) is 0 Å². The number of likely N-dealkylation sites (tertiary alicyclic amines) is 1. The average Bonchev–Trinajstić information content (AvgIpc) is 2.95. The van der Waals surface area contributed by atoms with E-state index in [0.717, 1.165) is 12.0 Å². The van der Waals surface area contributed by atoms with Crippen molar-refractivity contribution in [3.8, 4) is 0 Å². The number of nitrogens with zero attached hydrogens (tertiary/aromatic N) is 1. The summed E-state index contributed by atoms with van der Waals surface area (Å²) in [6.45, 7) is 4.93. The van der Waals surface area contributed by atoms with Crippen LogP contribution < -0.4 is 0 Å². The number of hydrogen-bond donors (Lipinski definition) is 0. The van der Waals surface area contributed by atoms with Crippen molar-refractivity contribution < 1.29 is 0 Å². The molecule has 1 aromatic carbocycles. The van der Waals surface area contributed by atoms with Crippen molar-refractivity contribution >= 4 is 15.9 Å². The van der Waals surface area contributed by atoms with Gasteiger partial charge in [0, 0.05) is 17.1 Å². The standard InChI is InChI=1S/C20H30BrN/c1-16(18-9-5-10-19(21)14-18)15-22-12-6-11-20(22)13-17-7-3-2-4-8-17/h5,9-10,14,16-17,20H,2-4,6-8,11-13,15H2,1H3. The van der Waals surface area contributed by atoms with E-state index >= 15 is 0 Å². The summed E-state index contributed by atoms with van der Waals surface area (Å²) in [7, 11) is 0. The molecule has 1 nitrogen and oxygen atoms in total. The first-order chi connectivity index (χ1) is 10.7. The van der Waals surface area contributed by atoms with Crippen LogP contribution in [0.2, 0.25) is 0 Å². The van der Waals surface area contributed by atoms with E-state index in [4.69, 9.17) is 0 Å². The molecule has 22 heavy (non-hydrogen) atoms. The summed E-state index contributed by atoms with van der Waals surface area (Å²) in [6, 6.07) is 9.72. The molecular formula is C20H30BrN. The maximum absolute atomic E-state index is 3.61. The molecule has 1 saturated heterocycles. The normalized spacial score (nSPS) is 25.5. The highest BCUT2D eigenvalue weighted by Gasteiger charge is 2.28. The largest absolute Gasteiger partial charge is 0.300 e. The van der Waals surface area contributed by atoms with Crippen LogP contribution in [-0.4, -0.2) is 24.0 Å². The van der Waals surface area contributed by atoms with E-state index in [0.29, 0.717) is 5.92 Å². The summed E-state index contributed by atoms with van der Waals surface area (Å²) in [6.07, 6.45) is 11.7. The zero-order chi connectivity index (χ0) is 15.4. The van der Waals surface area contributed by atoms with Crippen LogP contribution in [0.25, 0.3) is 0 Å². The van der Waals surface area contributed by atoms with E-state index in [1.165, 1.54) is 74.5 Å². The first kappa shape index (κ1) is 16.5.